The quantitative estimate of drug-likeness (QED) is 0.702. The monoisotopic (exact) mass is 373 g/mol. The Balaban J connectivity index is 1.55. The molecule has 1 N–H and O–H groups in total. The number of carbonyl (C=O) groups excluding carboxylic acids is 1. The van der Waals surface area contributed by atoms with Crippen molar-refractivity contribution >= 4 is 39.1 Å². The maximum absolute atomic E-state index is 12.2. The molecule has 0 unspecified atom stereocenters. The van der Waals surface area contributed by atoms with Gasteiger partial charge < -0.3 is 5.32 Å². The Morgan fingerprint density at radius 2 is 1.96 bits per heavy atom. The number of fused-ring (bicyclic) bond motifs is 1. The number of amides is 1. The SMILES string of the molecule is C[C@@H](c1nc2ccccc2s1)N(C)CC(=O)NCc1ccc(Cl)cc1. The van der Waals surface area contributed by atoms with E-state index < -0.39 is 0 Å². The van der Waals surface area contributed by atoms with E-state index in [1.165, 1.54) is 4.70 Å². The number of hydrogen-bond donors (Lipinski definition) is 1. The fourth-order valence-electron chi connectivity index (χ4n) is 2.48. The maximum atomic E-state index is 12.2. The van der Waals surface area contributed by atoms with Gasteiger partial charge in [-0.2, -0.15) is 0 Å². The van der Waals surface area contributed by atoms with Crippen molar-refractivity contribution in [3.8, 4) is 0 Å². The molecule has 1 amide bonds. The van der Waals surface area contributed by atoms with Crippen molar-refractivity contribution in [2.45, 2.75) is 19.5 Å². The zero-order valence-corrected chi connectivity index (χ0v) is 15.8. The Hall–Kier alpha value is -1.95. The summed E-state index contributed by atoms with van der Waals surface area (Å²) >= 11 is 7.54. The number of hydrogen-bond acceptors (Lipinski definition) is 4. The van der Waals surface area contributed by atoms with Gasteiger partial charge in [0.1, 0.15) is 5.01 Å². The number of carbonyl (C=O) groups is 1. The van der Waals surface area contributed by atoms with Crippen LogP contribution in [0.15, 0.2) is 48.5 Å². The number of para-hydroxylation sites is 1. The van der Waals surface area contributed by atoms with Gasteiger partial charge in [0.25, 0.3) is 0 Å². The summed E-state index contributed by atoms with van der Waals surface area (Å²) in [6.07, 6.45) is 0. The summed E-state index contributed by atoms with van der Waals surface area (Å²) in [5, 5.41) is 4.66. The molecule has 1 heterocycles. The number of thiazole rings is 1. The normalized spacial score (nSPS) is 12.5. The first-order valence-corrected chi connectivity index (χ1v) is 9.29. The highest BCUT2D eigenvalue weighted by Crippen LogP contribution is 2.28. The first-order chi connectivity index (χ1) is 12.0. The van der Waals surface area contributed by atoms with Crippen molar-refractivity contribution in [1.82, 2.24) is 15.2 Å². The van der Waals surface area contributed by atoms with Crippen molar-refractivity contribution in [2.75, 3.05) is 13.6 Å². The van der Waals surface area contributed by atoms with Gasteiger partial charge in [-0.3, -0.25) is 9.69 Å². The fourth-order valence-corrected chi connectivity index (χ4v) is 3.69. The van der Waals surface area contributed by atoms with Gasteiger partial charge in [0, 0.05) is 11.6 Å². The molecule has 0 fully saturated rings. The van der Waals surface area contributed by atoms with Gasteiger partial charge in [0.15, 0.2) is 0 Å². The van der Waals surface area contributed by atoms with E-state index in [4.69, 9.17) is 11.6 Å². The smallest absolute Gasteiger partial charge is 0.234 e. The van der Waals surface area contributed by atoms with Crippen LogP contribution in [-0.2, 0) is 11.3 Å². The first-order valence-electron chi connectivity index (χ1n) is 8.10. The number of rotatable bonds is 6. The minimum atomic E-state index is -0.00888. The third kappa shape index (κ3) is 4.57. The molecule has 1 aromatic heterocycles. The van der Waals surface area contributed by atoms with Crippen LogP contribution in [0.25, 0.3) is 10.2 Å². The summed E-state index contributed by atoms with van der Waals surface area (Å²) in [5.74, 6) is -0.00888. The lowest BCUT2D eigenvalue weighted by molar-refractivity contribution is -0.122. The van der Waals surface area contributed by atoms with E-state index in [1.54, 1.807) is 11.3 Å². The molecule has 0 bridgehead atoms. The van der Waals surface area contributed by atoms with Crippen molar-refractivity contribution in [2.24, 2.45) is 0 Å². The first kappa shape index (κ1) is 17.9. The molecule has 0 radical (unpaired) electrons. The Morgan fingerprint density at radius 1 is 1.24 bits per heavy atom. The minimum absolute atomic E-state index is 0.00888. The third-order valence-electron chi connectivity index (χ3n) is 4.12. The van der Waals surface area contributed by atoms with Crippen LogP contribution in [0.3, 0.4) is 0 Å². The topological polar surface area (TPSA) is 45.2 Å². The highest BCUT2D eigenvalue weighted by molar-refractivity contribution is 7.18. The van der Waals surface area contributed by atoms with Gasteiger partial charge in [-0.05, 0) is 43.8 Å². The Kier molecular flexibility index (Phi) is 5.68. The molecule has 3 aromatic rings. The zero-order valence-electron chi connectivity index (χ0n) is 14.2. The van der Waals surface area contributed by atoms with Gasteiger partial charge in [-0.15, -0.1) is 11.3 Å². The Labute approximate surface area is 156 Å². The second kappa shape index (κ2) is 7.95. The van der Waals surface area contributed by atoms with Gasteiger partial charge in [-0.25, -0.2) is 4.98 Å². The van der Waals surface area contributed by atoms with Crippen molar-refractivity contribution in [3.05, 3.63) is 64.1 Å². The molecule has 0 spiro atoms. The molecule has 0 aliphatic rings. The zero-order chi connectivity index (χ0) is 17.8. The standard InChI is InChI=1S/C19H20ClN3OS/c1-13(19-22-16-5-3-4-6-17(16)25-19)23(2)12-18(24)21-11-14-7-9-15(20)10-8-14/h3-10,13H,11-12H2,1-2H3,(H,21,24)/t13-/m0/s1. The molecule has 6 heteroatoms. The van der Waals surface area contributed by atoms with E-state index in [0.29, 0.717) is 18.1 Å². The number of halogens is 1. The molecular formula is C19H20ClN3OS. The molecule has 1 atom stereocenters. The van der Waals surface area contributed by atoms with Crippen molar-refractivity contribution in [3.63, 3.8) is 0 Å². The van der Waals surface area contributed by atoms with Gasteiger partial charge in [0.05, 0.1) is 22.8 Å². The maximum Gasteiger partial charge on any atom is 0.234 e. The lowest BCUT2D eigenvalue weighted by Gasteiger charge is -2.22. The van der Waals surface area contributed by atoms with Crippen LogP contribution in [0.4, 0.5) is 0 Å². The highest BCUT2D eigenvalue weighted by atomic mass is 35.5. The van der Waals surface area contributed by atoms with Gasteiger partial charge in [0.2, 0.25) is 5.91 Å². The molecule has 0 saturated heterocycles. The average Bonchev–Trinajstić information content (AvgIpc) is 3.04. The third-order valence-corrected chi connectivity index (χ3v) is 5.58. The Bertz CT molecular complexity index is 829. The molecule has 4 nitrogen and oxygen atoms in total. The van der Waals surface area contributed by atoms with E-state index in [-0.39, 0.29) is 11.9 Å². The fraction of sp³-hybridized carbons (Fsp3) is 0.263. The molecular weight excluding hydrogens is 354 g/mol. The Morgan fingerprint density at radius 3 is 2.68 bits per heavy atom. The van der Waals surface area contributed by atoms with Crippen LogP contribution in [0.5, 0.6) is 0 Å². The second-order valence-corrected chi connectivity index (χ2v) is 7.51. The lowest BCUT2D eigenvalue weighted by atomic mass is 10.2. The molecule has 0 aliphatic carbocycles. The summed E-state index contributed by atoms with van der Waals surface area (Å²) in [6.45, 7) is 2.90. The van der Waals surface area contributed by atoms with Gasteiger partial charge in [-0.1, -0.05) is 35.9 Å². The van der Waals surface area contributed by atoms with Crippen molar-refractivity contribution < 1.29 is 4.79 Å². The lowest BCUT2D eigenvalue weighted by Crippen LogP contribution is -2.36. The van der Waals surface area contributed by atoms with Crippen LogP contribution >= 0.6 is 22.9 Å². The number of nitrogens with zero attached hydrogens (tertiary/aromatic N) is 2. The minimum Gasteiger partial charge on any atom is -0.351 e. The average molecular weight is 374 g/mol. The number of aromatic nitrogens is 1. The van der Waals surface area contributed by atoms with E-state index in [0.717, 1.165) is 16.1 Å². The molecule has 25 heavy (non-hydrogen) atoms. The summed E-state index contributed by atoms with van der Waals surface area (Å²) in [5.41, 5.74) is 2.04. The number of benzene rings is 2. The summed E-state index contributed by atoms with van der Waals surface area (Å²) in [7, 11) is 1.94. The van der Waals surface area contributed by atoms with E-state index >= 15 is 0 Å². The van der Waals surface area contributed by atoms with Crippen LogP contribution in [0.1, 0.15) is 23.5 Å². The predicted octanol–water partition coefficient (Wildman–Crippen LogP) is 4.26. The molecule has 130 valence electrons. The van der Waals surface area contributed by atoms with E-state index in [2.05, 4.69) is 23.3 Å². The number of likely N-dealkylation sites (N-methyl/N-ethyl adjacent to an activating group) is 1. The molecule has 0 aliphatic heterocycles. The van der Waals surface area contributed by atoms with Crippen LogP contribution in [-0.4, -0.2) is 29.4 Å². The summed E-state index contributed by atoms with van der Waals surface area (Å²) < 4.78 is 1.17. The predicted molar refractivity (Wildman–Crippen MR) is 104 cm³/mol. The number of nitrogens with one attached hydrogen (secondary N) is 1. The summed E-state index contributed by atoms with van der Waals surface area (Å²) in [4.78, 5) is 18.9. The summed E-state index contributed by atoms with van der Waals surface area (Å²) in [6, 6.07) is 15.6. The van der Waals surface area contributed by atoms with Crippen LogP contribution in [0, 0.1) is 0 Å². The van der Waals surface area contributed by atoms with Gasteiger partial charge >= 0.3 is 0 Å². The van der Waals surface area contributed by atoms with Crippen LogP contribution in [0.2, 0.25) is 5.02 Å². The van der Waals surface area contributed by atoms with Crippen molar-refractivity contribution in [1.29, 1.82) is 0 Å². The molecule has 2 aromatic carbocycles. The van der Waals surface area contributed by atoms with E-state index in [9.17, 15) is 4.79 Å². The second-order valence-electron chi connectivity index (χ2n) is 6.01. The van der Waals surface area contributed by atoms with E-state index in [1.807, 2.05) is 54.4 Å². The largest absolute Gasteiger partial charge is 0.351 e. The molecule has 0 saturated carbocycles. The molecule has 3 rings (SSSR count). The van der Waals surface area contributed by atoms with Crippen LogP contribution < -0.4 is 5.32 Å². The highest BCUT2D eigenvalue weighted by Gasteiger charge is 2.18.